The van der Waals surface area contributed by atoms with Gasteiger partial charge in [-0.15, -0.1) is 11.8 Å². The fourth-order valence-electron chi connectivity index (χ4n) is 3.78. The minimum atomic E-state index is -0.0178. The van der Waals surface area contributed by atoms with Crippen LogP contribution in [-0.2, 0) is 18.6 Å². The lowest BCUT2D eigenvalue weighted by Gasteiger charge is -2.16. The third kappa shape index (κ3) is 4.91. The van der Waals surface area contributed by atoms with E-state index in [0.29, 0.717) is 5.56 Å². The molecular weight excluding hydrogens is 374 g/mol. The number of aryl methyl sites for hydroxylation is 3. The lowest BCUT2D eigenvalue weighted by Crippen LogP contribution is -2.26. The van der Waals surface area contributed by atoms with E-state index in [9.17, 15) is 4.79 Å². The van der Waals surface area contributed by atoms with Gasteiger partial charge in [0.1, 0.15) is 0 Å². The Hall–Kier alpha value is -2.52. The first-order valence-corrected chi connectivity index (χ1v) is 11.3. The van der Waals surface area contributed by atoms with Crippen LogP contribution in [0.1, 0.15) is 57.6 Å². The Labute approximate surface area is 177 Å². The van der Waals surface area contributed by atoms with Crippen molar-refractivity contribution in [1.82, 2.24) is 5.32 Å². The third-order valence-corrected chi connectivity index (χ3v) is 6.70. The fourth-order valence-corrected chi connectivity index (χ4v) is 4.63. The highest BCUT2D eigenvalue weighted by atomic mass is 32.2. The van der Waals surface area contributed by atoms with Crippen LogP contribution in [0.3, 0.4) is 0 Å². The van der Waals surface area contributed by atoms with Crippen LogP contribution in [0.4, 0.5) is 0 Å². The second-order valence-electron chi connectivity index (χ2n) is 7.88. The van der Waals surface area contributed by atoms with Gasteiger partial charge >= 0.3 is 0 Å². The molecular formula is C26H27NOS. The molecule has 0 aliphatic heterocycles. The molecule has 3 heteroatoms. The van der Waals surface area contributed by atoms with E-state index >= 15 is 0 Å². The largest absolute Gasteiger partial charge is 0.346 e. The van der Waals surface area contributed by atoms with E-state index in [1.165, 1.54) is 45.6 Å². The third-order valence-electron chi connectivity index (χ3n) is 5.61. The van der Waals surface area contributed by atoms with Crippen LogP contribution in [0.2, 0.25) is 0 Å². The van der Waals surface area contributed by atoms with Gasteiger partial charge < -0.3 is 5.32 Å². The van der Waals surface area contributed by atoms with Gasteiger partial charge in [0.15, 0.2) is 0 Å². The normalized spacial score (nSPS) is 13.7. The molecule has 3 aromatic rings. The molecule has 0 aromatic heterocycles. The Balaban J connectivity index is 1.34. The number of rotatable bonds is 6. The number of thioether (sulfide) groups is 1. The molecule has 1 amide bonds. The number of fused-ring (bicyclic) bond motifs is 1. The molecule has 0 heterocycles. The SMILES string of the molecule is Cc1ccc(SCc2ccc(C(=O)NC(C)c3ccc4c(c3)CCC4)cc2)cc1. The van der Waals surface area contributed by atoms with Gasteiger partial charge in [-0.25, -0.2) is 0 Å². The molecule has 0 spiro atoms. The highest BCUT2D eigenvalue weighted by Gasteiger charge is 2.15. The molecule has 3 aromatic carbocycles. The summed E-state index contributed by atoms with van der Waals surface area (Å²) in [5.41, 5.74) is 7.30. The van der Waals surface area contributed by atoms with Gasteiger partial charge in [0.05, 0.1) is 6.04 Å². The quantitative estimate of drug-likeness (QED) is 0.493. The molecule has 1 N–H and O–H groups in total. The predicted octanol–water partition coefficient (Wildman–Crippen LogP) is 6.27. The zero-order chi connectivity index (χ0) is 20.2. The Bertz CT molecular complexity index is 992. The van der Waals surface area contributed by atoms with E-state index in [1.807, 2.05) is 23.9 Å². The minimum absolute atomic E-state index is 0.00479. The van der Waals surface area contributed by atoms with Crippen molar-refractivity contribution in [3.05, 3.63) is 100 Å². The first kappa shape index (κ1) is 19.8. The van der Waals surface area contributed by atoms with Crippen molar-refractivity contribution in [3.8, 4) is 0 Å². The van der Waals surface area contributed by atoms with Crippen LogP contribution >= 0.6 is 11.8 Å². The highest BCUT2D eigenvalue weighted by molar-refractivity contribution is 7.98. The zero-order valence-corrected chi connectivity index (χ0v) is 17.9. The van der Waals surface area contributed by atoms with Crippen LogP contribution in [0, 0.1) is 6.92 Å². The summed E-state index contributed by atoms with van der Waals surface area (Å²) in [7, 11) is 0. The summed E-state index contributed by atoms with van der Waals surface area (Å²) in [6.45, 7) is 4.16. The summed E-state index contributed by atoms with van der Waals surface area (Å²) in [5, 5.41) is 3.14. The number of carbonyl (C=O) groups is 1. The summed E-state index contributed by atoms with van der Waals surface area (Å²) in [6, 6.07) is 23.2. The van der Waals surface area contributed by atoms with Crippen molar-refractivity contribution >= 4 is 17.7 Å². The maximum Gasteiger partial charge on any atom is 0.251 e. The van der Waals surface area contributed by atoms with Crippen molar-refractivity contribution < 1.29 is 4.79 Å². The van der Waals surface area contributed by atoms with Gasteiger partial charge in [0, 0.05) is 16.2 Å². The molecule has 0 saturated carbocycles. The number of benzene rings is 3. The Morgan fingerprint density at radius 3 is 2.45 bits per heavy atom. The lowest BCUT2D eigenvalue weighted by molar-refractivity contribution is 0.0940. The second-order valence-corrected chi connectivity index (χ2v) is 8.92. The minimum Gasteiger partial charge on any atom is -0.346 e. The van der Waals surface area contributed by atoms with Crippen molar-refractivity contribution in [2.45, 2.75) is 49.8 Å². The van der Waals surface area contributed by atoms with Crippen molar-refractivity contribution in [2.75, 3.05) is 0 Å². The molecule has 2 nitrogen and oxygen atoms in total. The van der Waals surface area contributed by atoms with Gasteiger partial charge in [-0.05, 0) is 79.6 Å². The van der Waals surface area contributed by atoms with Crippen LogP contribution in [0.15, 0.2) is 71.6 Å². The van der Waals surface area contributed by atoms with E-state index in [-0.39, 0.29) is 11.9 Å². The topological polar surface area (TPSA) is 29.1 Å². The fraction of sp³-hybridized carbons (Fsp3) is 0.269. The summed E-state index contributed by atoms with van der Waals surface area (Å²) in [5.74, 6) is 0.881. The molecule has 148 valence electrons. The average Bonchev–Trinajstić information content (AvgIpc) is 3.21. The molecule has 4 rings (SSSR count). The second kappa shape index (κ2) is 8.87. The van der Waals surface area contributed by atoms with Gasteiger partial charge in [-0.1, -0.05) is 48.0 Å². The van der Waals surface area contributed by atoms with Crippen molar-refractivity contribution in [2.24, 2.45) is 0 Å². The van der Waals surface area contributed by atoms with Crippen LogP contribution in [0.25, 0.3) is 0 Å². The molecule has 29 heavy (non-hydrogen) atoms. The standard InChI is InChI=1S/C26H27NOS/c1-18-6-14-25(15-7-18)29-17-20-8-10-22(11-9-20)26(28)27-19(2)23-13-12-21-4-3-5-24(21)16-23/h6-16,19H,3-5,17H2,1-2H3,(H,27,28). The van der Waals surface area contributed by atoms with Gasteiger partial charge in [0.2, 0.25) is 0 Å². The molecule has 1 atom stereocenters. The summed E-state index contributed by atoms with van der Waals surface area (Å²) >= 11 is 1.81. The lowest BCUT2D eigenvalue weighted by atomic mass is 10.0. The summed E-state index contributed by atoms with van der Waals surface area (Å²) < 4.78 is 0. The number of nitrogens with one attached hydrogen (secondary N) is 1. The number of hydrogen-bond donors (Lipinski definition) is 1. The number of carbonyl (C=O) groups excluding carboxylic acids is 1. The van der Waals surface area contributed by atoms with E-state index in [0.717, 1.165) is 12.2 Å². The molecule has 0 saturated heterocycles. The first-order chi connectivity index (χ1) is 14.1. The molecule has 0 bridgehead atoms. The average molecular weight is 402 g/mol. The van der Waals surface area contributed by atoms with E-state index in [1.54, 1.807) is 0 Å². The maximum absolute atomic E-state index is 12.7. The Kier molecular flexibility index (Phi) is 6.05. The van der Waals surface area contributed by atoms with Crippen LogP contribution < -0.4 is 5.32 Å². The molecule has 0 fully saturated rings. The molecule has 0 radical (unpaired) electrons. The summed E-state index contributed by atoms with van der Waals surface area (Å²) in [4.78, 5) is 13.9. The van der Waals surface area contributed by atoms with Crippen molar-refractivity contribution in [3.63, 3.8) is 0 Å². The number of hydrogen-bond acceptors (Lipinski definition) is 2. The van der Waals surface area contributed by atoms with Gasteiger partial charge in [0.25, 0.3) is 5.91 Å². The van der Waals surface area contributed by atoms with Gasteiger partial charge in [-0.2, -0.15) is 0 Å². The monoisotopic (exact) mass is 401 g/mol. The maximum atomic E-state index is 12.7. The van der Waals surface area contributed by atoms with E-state index < -0.39 is 0 Å². The van der Waals surface area contributed by atoms with Crippen LogP contribution in [0.5, 0.6) is 0 Å². The number of amides is 1. The highest BCUT2D eigenvalue weighted by Crippen LogP contribution is 2.26. The van der Waals surface area contributed by atoms with E-state index in [2.05, 4.69) is 73.8 Å². The summed E-state index contributed by atoms with van der Waals surface area (Å²) in [6.07, 6.45) is 3.59. The predicted molar refractivity (Wildman–Crippen MR) is 122 cm³/mol. The smallest absolute Gasteiger partial charge is 0.251 e. The molecule has 1 aliphatic carbocycles. The molecule has 1 unspecified atom stereocenters. The zero-order valence-electron chi connectivity index (χ0n) is 17.1. The van der Waals surface area contributed by atoms with Crippen molar-refractivity contribution in [1.29, 1.82) is 0 Å². The van der Waals surface area contributed by atoms with Crippen LogP contribution in [-0.4, -0.2) is 5.91 Å². The van der Waals surface area contributed by atoms with Gasteiger partial charge in [-0.3, -0.25) is 4.79 Å². The Morgan fingerprint density at radius 2 is 1.69 bits per heavy atom. The Morgan fingerprint density at radius 1 is 0.966 bits per heavy atom. The first-order valence-electron chi connectivity index (χ1n) is 10.3. The van der Waals surface area contributed by atoms with E-state index in [4.69, 9.17) is 0 Å². The molecule has 1 aliphatic rings.